The summed E-state index contributed by atoms with van der Waals surface area (Å²) >= 11 is 0. The van der Waals surface area contributed by atoms with Crippen molar-refractivity contribution >= 4 is 11.9 Å². The average molecular weight is 251 g/mol. The van der Waals surface area contributed by atoms with Gasteiger partial charge in [0.05, 0.1) is 6.42 Å². The number of hydrogen-bond donors (Lipinski definition) is 1. The molecule has 0 rings (SSSR count). The van der Waals surface area contributed by atoms with E-state index < -0.39 is 5.97 Å². The number of allylic oxidation sites excluding steroid dienone is 2. The number of aliphatic carboxylic acids is 1. The first kappa shape index (κ1) is 18.7. The van der Waals surface area contributed by atoms with E-state index in [1.54, 1.807) is 0 Å². The molecule has 0 atom stereocenters. The monoisotopic (exact) mass is 251 g/mol. The molecule has 0 aromatic heterocycles. The van der Waals surface area contributed by atoms with E-state index in [2.05, 4.69) is 18.0 Å². The van der Waals surface area contributed by atoms with Gasteiger partial charge in [-0.2, -0.15) is 0 Å². The Labute approximate surface area is 139 Å². The number of nitrogens with zero attached hydrogens (tertiary/aromatic N) is 1. The van der Waals surface area contributed by atoms with Gasteiger partial charge in [0, 0.05) is 6.54 Å². The van der Waals surface area contributed by atoms with Crippen LogP contribution >= 0.6 is 0 Å². The van der Waals surface area contributed by atoms with Crippen LogP contribution in [0, 0.1) is 0 Å². The Kier molecular flexibility index (Phi) is 15.6. The number of carbonyl (C=O) groups is 1. The first-order valence-corrected chi connectivity index (χ1v) is 5.24. The summed E-state index contributed by atoms with van der Waals surface area (Å²) in [6.45, 7) is 2.15. The fraction of sp³-hybridized carbons (Fsp3) is 0.636. The second-order valence-electron chi connectivity index (χ2n) is 3.19. The molecule has 0 aliphatic heterocycles. The van der Waals surface area contributed by atoms with E-state index in [1.807, 2.05) is 6.08 Å². The summed E-state index contributed by atoms with van der Waals surface area (Å²) in [5.74, 6) is -1.11. The van der Waals surface area contributed by atoms with E-state index in [0.717, 1.165) is 19.3 Å². The van der Waals surface area contributed by atoms with E-state index >= 15 is 0 Å². The van der Waals surface area contributed by atoms with Gasteiger partial charge in [0.25, 0.3) is 0 Å². The summed E-state index contributed by atoms with van der Waals surface area (Å²) in [7, 11) is 0. The van der Waals surface area contributed by atoms with Crippen molar-refractivity contribution in [2.75, 3.05) is 6.54 Å². The fourth-order valence-electron chi connectivity index (χ4n) is 1.01. The molecule has 0 radical (unpaired) electrons. The van der Waals surface area contributed by atoms with Crippen molar-refractivity contribution in [1.82, 2.24) is 0 Å². The van der Waals surface area contributed by atoms with E-state index in [-0.39, 0.29) is 70.2 Å². The number of hydrogen-bond acceptors (Lipinski definition) is 3. The average Bonchev–Trinajstić information content (AvgIpc) is 2.17. The normalized spacial score (nSPS) is 11.4. The van der Waals surface area contributed by atoms with E-state index in [1.165, 1.54) is 0 Å². The standard InChI is InChI=1S/C11H19NO3.K/c1-2-3-4-5-6-7-10(13)12-9-8-11(14)15;/h3-4H,2,5-9H2,1H3,(H,12,13)(H,14,15);/q;+1/p-1/b4-3+;. The summed E-state index contributed by atoms with van der Waals surface area (Å²) in [5.41, 5.74) is 0. The van der Waals surface area contributed by atoms with Gasteiger partial charge in [0.15, 0.2) is 0 Å². The molecule has 0 unspecified atom stereocenters. The van der Waals surface area contributed by atoms with Gasteiger partial charge >= 0.3 is 57.4 Å². The van der Waals surface area contributed by atoms with Crippen molar-refractivity contribution in [2.24, 2.45) is 4.99 Å². The van der Waals surface area contributed by atoms with E-state index in [4.69, 9.17) is 5.11 Å². The van der Waals surface area contributed by atoms with Crippen molar-refractivity contribution < 1.29 is 66.4 Å². The minimum Gasteiger partial charge on any atom is -0.862 e. The van der Waals surface area contributed by atoms with Crippen LogP contribution in [0.1, 0.15) is 39.0 Å². The van der Waals surface area contributed by atoms with Gasteiger partial charge in [-0.25, -0.2) is 0 Å². The number of rotatable bonds is 8. The SMILES string of the molecule is CC/C=C/CCCC([O-])=NCCC(=O)O.[K+]. The Balaban J connectivity index is 0. The summed E-state index contributed by atoms with van der Waals surface area (Å²) in [6.07, 6.45) is 7.13. The predicted octanol–water partition coefficient (Wildman–Crippen LogP) is -1.64. The van der Waals surface area contributed by atoms with Crippen LogP contribution in [0.25, 0.3) is 0 Å². The molecule has 0 heterocycles. The van der Waals surface area contributed by atoms with Crippen LogP contribution in [0.15, 0.2) is 17.1 Å². The van der Waals surface area contributed by atoms with Gasteiger partial charge in [0.2, 0.25) is 0 Å². The molecule has 0 saturated carbocycles. The number of carboxylic acid groups (broad SMARTS) is 1. The molecule has 0 aliphatic carbocycles. The van der Waals surface area contributed by atoms with Crippen LogP contribution < -0.4 is 56.5 Å². The molecule has 0 aromatic carbocycles. The van der Waals surface area contributed by atoms with E-state index in [9.17, 15) is 9.90 Å². The molecule has 0 aliphatic rings. The maximum atomic E-state index is 11.1. The van der Waals surface area contributed by atoms with E-state index in [0.29, 0.717) is 6.42 Å². The summed E-state index contributed by atoms with van der Waals surface area (Å²) in [6, 6.07) is 0. The van der Waals surface area contributed by atoms with Crippen molar-refractivity contribution in [3.63, 3.8) is 0 Å². The zero-order valence-electron chi connectivity index (χ0n) is 10.1. The largest absolute Gasteiger partial charge is 1.00 e. The molecule has 0 saturated heterocycles. The summed E-state index contributed by atoms with van der Waals surface area (Å²) in [5, 5.41) is 19.4. The number of unbranched alkanes of at least 4 members (excludes halogenated alkanes) is 1. The van der Waals surface area contributed by atoms with Crippen LogP contribution in [0.3, 0.4) is 0 Å². The number of aliphatic imine (C=N–C) groups is 1. The molecule has 0 spiro atoms. The Morgan fingerprint density at radius 2 is 2.06 bits per heavy atom. The van der Waals surface area contributed by atoms with Crippen molar-refractivity contribution in [3.05, 3.63) is 12.2 Å². The Bertz CT molecular complexity index is 239. The maximum absolute atomic E-state index is 11.1. The molecule has 5 heteroatoms. The summed E-state index contributed by atoms with van der Waals surface area (Å²) in [4.78, 5) is 13.8. The molecule has 0 fully saturated rings. The minimum absolute atomic E-state index is 0. The van der Waals surface area contributed by atoms with Gasteiger partial charge in [0.1, 0.15) is 0 Å². The molecular formula is C11H18KNO3. The van der Waals surface area contributed by atoms with Crippen LogP contribution in [-0.4, -0.2) is 23.5 Å². The van der Waals surface area contributed by atoms with Crippen LogP contribution in [0.5, 0.6) is 0 Å². The Hall–Kier alpha value is 0.316. The quantitative estimate of drug-likeness (QED) is 0.185. The summed E-state index contributed by atoms with van der Waals surface area (Å²) < 4.78 is 0. The van der Waals surface area contributed by atoms with Crippen LogP contribution in [0.4, 0.5) is 0 Å². The Morgan fingerprint density at radius 3 is 2.62 bits per heavy atom. The molecule has 86 valence electrons. The first-order chi connectivity index (χ1) is 7.16. The Morgan fingerprint density at radius 1 is 1.38 bits per heavy atom. The maximum Gasteiger partial charge on any atom is 1.00 e. The molecule has 0 bridgehead atoms. The third-order valence-electron chi connectivity index (χ3n) is 1.78. The zero-order valence-corrected chi connectivity index (χ0v) is 13.2. The first-order valence-electron chi connectivity index (χ1n) is 5.24. The topological polar surface area (TPSA) is 72.7 Å². The molecular weight excluding hydrogens is 233 g/mol. The molecule has 16 heavy (non-hydrogen) atoms. The minimum atomic E-state index is -0.919. The molecule has 1 N–H and O–H groups in total. The van der Waals surface area contributed by atoms with Crippen molar-refractivity contribution in [2.45, 2.75) is 39.0 Å². The van der Waals surface area contributed by atoms with Gasteiger partial charge in [-0.05, 0) is 31.6 Å². The van der Waals surface area contributed by atoms with Gasteiger partial charge in [-0.3, -0.25) is 4.79 Å². The second-order valence-corrected chi connectivity index (χ2v) is 3.19. The third kappa shape index (κ3) is 14.3. The molecule has 0 aromatic rings. The van der Waals surface area contributed by atoms with Crippen molar-refractivity contribution in [3.8, 4) is 0 Å². The predicted molar refractivity (Wildman–Crippen MR) is 57.8 cm³/mol. The van der Waals surface area contributed by atoms with Crippen molar-refractivity contribution in [1.29, 1.82) is 0 Å². The molecule has 0 amide bonds. The zero-order chi connectivity index (χ0) is 11.5. The fourth-order valence-corrected chi connectivity index (χ4v) is 1.01. The van der Waals surface area contributed by atoms with Gasteiger partial charge < -0.3 is 15.2 Å². The molecule has 4 nitrogen and oxygen atoms in total. The third-order valence-corrected chi connectivity index (χ3v) is 1.78. The van der Waals surface area contributed by atoms with Crippen LogP contribution in [-0.2, 0) is 4.79 Å². The number of carboxylic acids is 1. The van der Waals surface area contributed by atoms with Gasteiger partial charge in [-0.15, -0.1) is 0 Å². The van der Waals surface area contributed by atoms with Crippen LogP contribution in [0.2, 0.25) is 0 Å². The smallest absolute Gasteiger partial charge is 0.862 e. The second kappa shape index (κ2) is 13.4. The van der Waals surface area contributed by atoms with Gasteiger partial charge in [-0.1, -0.05) is 19.1 Å².